The predicted octanol–water partition coefficient (Wildman–Crippen LogP) is 2.27. The highest BCUT2D eigenvalue weighted by atomic mass is 79.9. The van der Waals surface area contributed by atoms with Crippen LogP contribution < -0.4 is 0 Å². The van der Waals surface area contributed by atoms with E-state index in [4.69, 9.17) is 5.11 Å². The fraction of sp³-hybridized carbons (Fsp3) is 0.429. The van der Waals surface area contributed by atoms with E-state index in [2.05, 4.69) is 15.9 Å². The van der Waals surface area contributed by atoms with Crippen molar-refractivity contribution < 1.29 is 9.50 Å². The van der Waals surface area contributed by atoms with Gasteiger partial charge in [-0.05, 0) is 27.9 Å². The highest BCUT2D eigenvalue weighted by molar-refractivity contribution is 9.12. The van der Waals surface area contributed by atoms with Crippen LogP contribution >= 0.6 is 15.9 Å². The van der Waals surface area contributed by atoms with Crippen molar-refractivity contribution in [1.82, 2.24) is 0 Å². The van der Waals surface area contributed by atoms with Crippen molar-refractivity contribution in [3.05, 3.63) is 22.0 Å². The van der Waals surface area contributed by atoms with Gasteiger partial charge in [0, 0.05) is 6.42 Å². The van der Waals surface area contributed by atoms with Gasteiger partial charge in [0.1, 0.15) is 5.83 Å². The third kappa shape index (κ3) is 1.47. The summed E-state index contributed by atoms with van der Waals surface area (Å²) in [6, 6.07) is 0. The van der Waals surface area contributed by atoms with Gasteiger partial charge in [-0.15, -0.1) is 0 Å². The number of halogens is 2. The van der Waals surface area contributed by atoms with Crippen molar-refractivity contribution in [2.24, 2.45) is 0 Å². The minimum atomic E-state index is -0.161. The fourth-order valence-corrected chi connectivity index (χ4v) is 1.37. The minimum Gasteiger partial charge on any atom is -0.392 e. The number of aliphatic hydroxyl groups excluding tert-OH is 1. The molecule has 10 heavy (non-hydrogen) atoms. The molecule has 0 radical (unpaired) electrons. The lowest BCUT2D eigenvalue weighted by Crippen LogP contribution is -1.97. The zero-order valence-corrected chi connectivity index (χ0v) is 6.99. The zero-order chi connectivity index (χ0) is 7.56. The van der Waals surface area contributed by atoms with Gasteiger partial charge in [0.25, 0.3) is 0 Å². The molecule has 1 rings (SSSR count). The van der Waals surface area contributed by atoms with E-state index in [-0.39, 0.29) is 12.4 Å². The predicted molar refractivity (Wildman–Crippen MR) is 41.5 cm³/mol. The molecule has 0 spiro atoms. The molecular formula is C7H8BrFO. The molecule has 56 valence electrons. The second-order valence-electron chi connectivity index (χ2n) is 2.15. The molecule has 1 aliphatic carbocycles. The number of rotatable bonds is 1. The molecule has 0 aromatic carbocycles. The Morgan fingerprint density at radius 2 is 2.40 bits per heavy atom. The third-order valence-corrected chi connectivity index (χ3v) is 2.38. The standard InChI is InChI=1S/C7H8BrFO/c8-7-5(4-10)2-1-3-6(7)9/h2,10H,1,3-4H2. The number of aliphatic hydroxyl groups is 1. The Kier molecular flexibility index (Phi) is 2.63. The monoisotopic (exact) mass is 206 g/mol. The molecule has 1 N–H and O–H groups in total. The van der Waals surface area contributed by atoms with Crippen LogP contribution in [0.3, 0.4) is 0 Å². The first-order valence-corrected chi connectivity index (χ1v) is 3.89. The number of allylic oxidation sites excluding steroid dienone is 2. The van der Waals surface area contributed by atoms with Gasteiger partial charge in [-0.25, -0.2) is 4.39 Å². The molecule has 0 unspecified atom stereocenters. The summed E-state index contributed by atoms with van der Waals surface area (Å²) in [4.78, 5) is 0. The summed E-state index contributed by atoms with van der Waals surface area (Å²) in [6.07, 6.45) is 2.98. The molecular weight excluding hydrogens is 199 g/mol. The van der Waals surface area contributed by atoms with Crippen LogP contribution in [0.4, 0.5) is 4.39 Å². The normalized spacial score (nSPS) is 19.3. The van der Waals surface area contributed by atoms with E-state index in [0.717, 1.165) is 0 Å². The summed E-state index contributed by atoms with van der Waals surface area (Å²) in [5.74, 6) is -0.161. The van der Waals surface area contributed by atoms with Crippen LogP contribution in [0, 0.1) is 0 Å². The first-order valence-electron chi connectivity index (χ1n) is 3.10. The molecule has 0 atom stereocenters. The molecule has 0 heterocycles. The average Bonchev–Trinajstić information content (AvgIpc) is 1.95. The van der Waals surface area contributed by atoms with Gasteiger partial charge in [-0.2, -0.15) is 0 Å². The number of hydrogen-bond donors (Lipinski definition) is 1. The maximum atomic E-state index is 12.7. The Labute approximate surface area is 67.4 Å². The molecule has 0 aromatic rings. The Hall–Kier alpha value is -0.150. The van der Waals surface area contributed by atoms with Crippen molar-refractivity contribution in [3.8, 4) is 0 Å². The molecule has 0 saturated carbocycles. The number of hydrogen-bond acceptors (Lipinski definition) is 1. The van der Waals surface area contributed by atoms with E-state index in [9.17, 15) is 4.39 Å². The van der Waals surface area contributed by atoms with E-state index < -0.39 is 0 Å². The van der Waals surface area contributed by atoms with Gasteiger partial charge >= 0.3 is 0 Å². The summed E-state index contributed by atoms with van der Waals surface area (Å²) in [5.41, 5.74) is 0.656. The summed E-state index contributed by atoms with van der Waals surface area (Å²) < 4.78 is 13.1. The van der Waals surface area contributed by atoms with Gasteiger partial charge in [0.05, 0.1) is 11.1 Å². The first kappa shape index (κ1) is 7.95. The topological polar surface area (TPSA) is 20.2 Å². The van der Waals surface area contributed by atoms with Crippen LogP contribution in [0.15, 0.2) is 22.0 Å². The maximum Gasteiger partial charge on any atom is 0.115 e. The second-order valence-corrected chi connectivity index (χ2v) is 2.94. The van der Waals surface area contributed by atoms with E-state index in [1.807, 2.05) is 6.08 Å². The molecule has 0 aromatic heterocycles. The maximum absolute atomic E-state index is 12.7. The quantitative estimate of drug-likeness (QED) is 0.699. The first-order chi connectivity index (χ1) is 4.75. The Morgan fingerprint density at radius 3 is 2.90 bits per heavy atom. The Balaban J connectivity index is 2.83. The highest BCUT2D eigenvalue weighted by Crippen LogP contribution is 2.29. The fourth-order valence-electron chi connectivity index (χ4n) is 0.881. The second kappa shape index (κ2) is 3.30. The summed E-state index contributed by atoms with van der Waals surface area (Å²) in [6.45, 7) is -0.0893. The Bertz CT molecular complexity index is 196. The third-order valence-electron chi connectivity index (χ3n) is 1.45. The van der Waals surface area contributed by atoms with Crippen molar-refractivity contribution in [2.75, 3.05) is 6.61 Å². The molecule has 3 heteroatoms. The van der Waals surface area contributed by atoms with E-state index >= 15 is 0 Å². The van der Waals surface area contributed by atoms with Gasteiger partial charge < -0.3 is 5.11 Å². The molecule has 0 bridgehead atoms. The lowest BCUT2D eigenvalue weighted by Gasteiger charge is -2.09. The summed E-state index contributed by atoms with van der Waals surface area (Å²) in [7, 11) is 0. The zero-order valence-electron chi connectivity index (χ0n) is 5.40. The van der Waals surface area contributed by atoms with Crippen LogP contribution in [0.2, 0.25) is 0 Å². The van der Waals surface area contributed by atoms with Crippen molar-refractivity contribution in [2.45, 2.75) is 12.8 Å². The van der Waals surface area contributed by atoms with E-state index in [0.29, 0.717) is 22.9 Å². The van der Waals surface area contributed by atoms with Crippen LogP contribution in [0.1, 0.15) is 12.8 Å². The lowest BCUT2D eigenvalue weighted by atomic mass is 10.1. The molecule has 1 aliphatic rings. The molecule has 0 aliphatic heterocycles. The van der Waals surface area contributed by atoms with Crippen LogP contribution in [-0.4, -0.2) is 11.7 Å². The van der Waals surface area contributed by atoms with Crippen LogP contribution in [0.25, 0.3) is 0 Å². The molecule has 0 fully saturated rings. The van der Waals surface area contributed by atoms with Crippen LogP contribution in [0.5, 0.6) is 0 Å². The van der Waals surface area contributed by atoms with E-state index in [1.165, 1.54) is 0 Å². The average molecular weight is 207 g/mol. The van der Waals surface area contributed by atoms with Crippen LogP contribution in [-0.2, 0) is 0 Å². The van der Waals surface area contributed by atoms with Crippen molar-refractivity contribution >= 4 is 15.9 Å². The summed E-state index contributed by atoms with van der Waals surface area (Å²) >= 11 is 3.06. The Morgan fingerprint density at radius 1 is 1.70 bits per heavy atom. The van der Waals surface area contributed by atoms with E-state index in [1.54, 1.807) is 0 Å². The SMILES string of the molecule is OCC1=CCCC(F)=C1Br. The van der Waals surface area contributed by atoms with Crippen molar-refractivity contribution in [3.63, 3.8) is 0 Å². The van der Waals surface area contributed by atoms with Crippen molar-refractivity contribution in [1.29, 1.82) is 0 Å². The molecule has 1 nitrogen and oxygen atoms in total. The van der Waals surface area contributed by atoms with Gasteiger partial charge in [-0.3, -0.25) is 0 Å². The molecule has 0 saturated heterocycles. The minimum absolute atomic E-state index is 0.0893. The molecule has 0 amide bonds. The smallest absolute Gasteiger partial charge is 0.115 e. The highest BCUT2D eigenvalue weighted by Gasteiger charge is 2.11. The summed E-state index contributed by atoms with van der Waals surface area (Å²) in [5, 5.41) is 8.68. The van der Waals surface area contributed by atoms with Gasteiger partial charge in [0.2, 0.25) is 0 Å². The van der Waals surface area contributed by atoms with Gasteiger partial charge in [-0.1, -0.05) is 6.08 Å². The largest absolute Gasteiger partial charge is 0.392 e. The lowest BCUT2D eigenvalue weighted by molar-refractivity contribution is 0.332. The van der Waals surface area contributed by atoms with Gasteiger partial charge in [0.15, 0.2) is 0 Å².